The molecule has 6 nitrogen and oxygen atoms in total. The van der Waals surface area contributed by atoms with Gasteiger partial charge in [-0.25, -0.2) is 0 Å². The molecule has 0 aliphatic carbocycles. The molecule has 0 heterocycles. The quantitative estimate of drug-likeness (QED) is 0.313. The Morgan fingerprint density at radius 1 is 1.16 bits per heavy atom. The highest BCUT2D eigenvalue weighted by molar-refractivity contribution is 9.10. The fourth-order valence-corrected chi connectivity index (χ4v) is 2.79. The highest BCUT2D eigenvalue weighted by Crippen LogP contribution is 2.29. The summed E-state index contributed by atoms with van der Waals surface area (Å²) in [6.45, 7) is 0. The molecule has 0 aliphatic rings. The fraction of sp³-hybridized carbons (Fsp3) is 0.167. The van der Waals surface area contributed by atoms with Gasteiger partial charge in [0.1, 0.15) is 5.75 Å². The van der Waals surface area contributed by atoms with Crippen molar-refractivity contribution in [1.82, 2.24) is 4.90 Å². The van der Waals surface area contributed by atoms with Gasteiger partial charge < -0.3 is 9.64 Å². The maximum atomic E-state index is 13.0. The third kappa shape index (κ3) is 4.45. The van der Waals surface area contributed by atoms with Gasteiger partial charge in [0.15, 0.2) is 5.78 Å². The Morgan fingerprint density at radius 3 is 2.24 bits per heavy atom. The molecule has 0 saturated heterocycles. The number of benzene rings is 2. The van der Waals surface area contributed by atoms with Gasteiger partial charge in [0.05, 0.1) is 16.5 Å². The molecule has 2 rings (SSSR count). The Hall–Kier alpha value is -2.67. The van der Waals surface area contributed by atoms with Gasteiger partial charge in [-0.15, -0.1) is 0 Å². The molecular weight excluding hydrogens is 388 g/mol. The molecule has 0 N–H and O–H groups in total. The standard InChI is InChI=1S/C18H17BrN2O4/c1-20(2)11-15(12-4-7-14(8-5-12)21(23)24)18(22)13-6-9-17(25-3)16(19)10-13/h4-11H,1-3H3. The second-order valence-electron chi connectivity index (χ2n) is 5.49. The lowest BCUT2D eigenvalue weighted by Gasteiger charge is -2.13. The zero-order valence-corrected chi connectivity index (χ0v) is 15.6. The first-order valence-corrected chi connectivity index (χ1v) is 8.14. The van der Waals surface area contributed by atoms with Gasteiger partial charge in [-0.1, -0.05) is 0 Å². The zero-order valence-electron chi connectivity index (χ0n) is 14.0. The average Bonchev–Trinajstić information content (AvgIpc) is 2.59. The third-order valence-electron chi connectivity index (χ3n) is 3.44. The summed E-state index contributed by atoms with van der Waals surface area (Å²) in [5, 5.41) is 10.8. The molecule has 0 fully saturated rings. The van der Waals surface area contributed by atoms with Crippen molar-refractivity contribution in [2.45, 2.75) is 0 Å². The molecular formula is C18H17BrN2O4. The second-order valence-corrected chi connectivity index (χ2v) is 6.34. The number of ether oxygens (including phenoxy) is 1. The van der Waals surface area contributed by atoms with E-state index in [-0.39, 0.29) is 11.5 Å². The Kier molecular flexibility index (Phi) is 5.93. The Balaban J connectivity index is 2.45. The molecule has 2 aromatic carbocycles. The maximum Gasteiger partial charge on any atom is 0.269 e. The number of methoxy groups -OCH3 is 1. The first kappa shape index (κ1) is 18.7. The van der Waals surface area contributed by atoms with Gasteiger partial charge in [0.2, 0.25) is 0 Å². The summed E-state index contributed by atoms with van der Waals surface area (Å²) in [4.78, 5) is 25.1. The smallest absolute Gasteiger partial charge is 0.269 e. The molecule has 0 spiro atoms. The van der Waals surface area contributed by atoms with E-state index in [1.54, 1.807) is 48.5 Å². The molecule has 0 bridgehead atoms. The molecule has 0 amide bonds. The van der Waals surface area contributed by atoms with E-state index in [2.05, 4.69) is 15.9 Å². The molecule has 0 unspecified atom stereocenters. The van der Waals surface area contributed by atoms with E-state index in [1.165, 1.54) is 12.1 Å². The lowest BCUT2D eigenvalue weighted by atomic mass is 9.97. The number of carbonyl (C=O) groups excluding carboxylic acids is 1. The minimum atomic E-state index is -0.471. The number of hydrogen-bond donors (Lipinski definition) is 0. The summed E-state index contributed by atoms with van der Waals surface area (Å²) in [5.74, 6) is 0.441. The van der Waals surface area contributed by atoms with Crippen LogP contribution in [0.15, 0.2) is 53.1 Å². The maximum absolute atomic E-state index is 13.0. The summed E-state index contributed by atoms with van der Waals surface area (Å²) in [5.41, 5.74) is 1.51. The van der Waals surface area contributed by atoms with E-state index in [0.717, 1.165) is 0 Å². The van der Waals surface area contributed by atoms with Crippen LogP contribution in [0.25, 0.3) is 5.57 Å². The summed E-state index contributed by atoms with van der Waals surface area (Å²) in [6, 6.07) is 11.0. The van der Waals surface area contributed by atoms with Crippen LogP contribution in [0.5, 0.6) is 5.75 Å². The third-order valence-corrected chi connectivity index (χ3v) is 4.05. The van der Waals surface area contributed by atoms with E-state index in [0.29, 0.717) is 26.9 Å². The van der Waals surface area contributed by atoms with Gasteiger partial charge in [0.25, 0.3) is 5.69 Å². The van der Waals surface area contributed by atoms with Gasteiger partial charge in [-0.05, 0) is 51.8 Å². The fourth-order valence-electron chi connectivity index (χ4n) is 2.25. The summed E-state index contributed by atoms with van der Waals surface area (Å²) >= 11 is 3.38. The number of Topliss-reactive ketones (excluding diaryl/α,β-unsaturated/α-hetero) is 1. The van der Waals surface area contributed by atoms with Gasteiger partial charge in [0, 0.05) is 43.6 Å². The number of ketones is 1. The SMILES string of the molecule is COc1ccc(C(=O)C(=CN(C)C)c2ccc([N+](=O)[O-])cc2)cc1Br. The van der Waals surface area contributed by atoms with Crippen molar-refractivity contribution >= 4 is 33.0 Å². The van der Waals surface area contributed by atoms with Crippen molar-refractivity contribution in [3.05, 3.63) is 74.4 Å². The van der Waals surface area contributed by atoms with Gasteiger partial charge in [-0.3, -0.25) is 14.9 Å². The molecule has 130 valence electrons. The van der Waals surface area contributed by atoms with E-state index < -0.39 is 4.92 Å². The Bertz CT molecular complexity index is 829. The summed E-state index contributed by atoms with van der Waals surface area (Å²) in [7, 11) is 5.17. The lowest BCUT2D eigenvalue weighted by Crippen LogP contribution is -2.09. The molecule has 0 saturated carbocycles. The number of carbonyl (C=O) groups is 1. The average molecular weight is 405 g/mol. The van der Waals surface area contributed by atoms with Crippen LogP contribution in [-0.4, -0.2) is 36.8 Å². The van der Waals surface area contributed by atoms with Crippen LogP contribution < -0.4 is 4.74 Å². The number of allylic oxidation sites excluding steroid dienone is 1. The van der Waals surface area contributed by atoms with Crippen molar-refractivity contribution in [2.75, 3.05) is 21.2 Å². The number of nitro benzene ring substituents is 1. The largest absolute Gasteiger partial charge is 0.496 e. The van der Waals surface area contributed by atoms with E-state index >= 15 is 0 Å². The lowest BCUT2D eigenvalue weighted by molar-refractivity contribution is -0.384. The predicted octanol–water partition coefficient (Wildman–Crippen LogP) is 4.15. The minimum absolute atomic E-state index is 0.0207. The Morgan fingerprint density at radius 2 is 1.76 bits per heavy atom. The van der Waals surface area contributed by atoms with Crippen molar-refractivity contribution in [2.24, 2.45) is 0 Å². The summed E-state index contributed by atoms with van der Waals surface area (Å²) < 4.78 is 5.85. The van der Waals surface area contributed by atoms with Crippen LogP contribution in [0.2, 0.25) is 0 Å². The topological polar surface area (TPSA) is 72.7 Å². The molecule has 2 aromatic rings. The predicted molar refractivity (Wildman–Crippen MR) is 99.8 cm³/mol. The van der Waals surface area contributed by atoms with Crippen molar-refractivity contribution in [3.63, 3.8) is 0 Å². The van der Waals surface area contributed by atoms with Crippen molar-refractivity contribution in [3.8, 4) is 5.75 Å². The normalized spacial score (nSPS) is 11.1. The number of halogens is 1. The minimum Gasteiger partial charge on any atom is -0.496 e. The summed E-state index contributed by atoms with van der Waals surface area (Å²) in [6.07, 6.45) is 1.70. The number of non-ortho nitro benzene ring substituents is 1. The molecule has 0 aliphatic heterocycles. The second kappa shape index (κ2) is 7.94. The number of nitro groups is 1. The van der Waals surface area contributed by atoms with Gasteiger partial charge in [-0.2, -0.15) is 0 Å². The van der Waals surface area contributed by atoms with Crippen LogP contribution in [0.1, 0.15) is 15.9 Å². The van der Waals surface area contributed by atoms with Crippen molar-refractivity contribution in [1.29, 1.82) is 0 Å². The van der Waals surface area contributed by atoms with Crippen LogP contribution in [0, 0.1) is 10.1 Å². The molecule has 25 heavy (non-hydrogen) atoms. The van der Waals surface area contributed by atoms with Crippen LogP contribution in [0.3, 0.4) is 0 Å². The molecule has 7 heteroatoms. The number of hydrogen-bond acceptors (Lipinski definition) is 5. The van der Waals surface area contributed by atoms with E-state index in [4.69, 9.17) is 4.74 Å². The van der Waals surface area contributed by atoms with Crippen LogP contribution in [0.4, 0.5) is 5.69 Å². The van der Waals surface area contributed by atoms with Crippen LogP contribution in [-0.2, 0) is 0 Å². The van der Waals surface area contributed by atoms with E-state index in [1.807, 2.05) is 14.1 Å². The van der Waals surface area contributed by atoms with Crippen molar-refractivity contribution < 1.29 is 14.5 Å². The van der Waals surface area contributed by atoms with Gasteiger partial charge >= 0.3 is 0 Å². The number of rotatable bonds is 6. The number of nitrogens with zero attached hydrogens (tertiary/aromatic N) is 2. The van der Waals surface area contributed by atoms with Crippen LogP contribution >= 0.6 is 15.9 Å². The highest BCUT2D eigenvalue weighted by atomic mass is 79.9. The molecule has 0 radical (unpaired) electrons. The van der Waals surface area contributed by atoms with E-state index in [9.17, 15) is 14.9 Å². The monoisotopic (exact) mass is 404 g/mol. The highest BCUT2D eigenvalue weighted by Gasteiger charge is 2.17. The molecule has 0 atom stereocenters. The Labute approximate surface area is 154 Å². The zero-order chi connectivity index (χ0) is 18.6. The first-order chi connectivity index (χ1) is 11.8. The first-order valence-electron chi connectivity index (χ1n) is 7.34. The molecule has 0 aromatic heterocycles.